The maximum absolute atomic E-state index is 10.4. The average molecular weight is 292 g/mol. The molecule has 13 heavy (non-hydrogen) atoms. The molecular weight excluding hydrogens is 284 g/mol. The van der Waals surface area contributed by atoms with Crippen molar-refractivity contribution < 1.29 is 51.1 Å². The molecule has 0 fully saturated rings. The minimum atomic E-state index is -2.53. The Labute approximate surface area is 101 Å². The van der Waals surface area contributed by atoms with Crippen LogP contribution in [0.5, 0.6) is 0 Å². The molecule has 0 aromatic heterocycles. The molecule has 3 nitrogen and oxygen atoms in total. The first kappa shape index (κ1) is 15.8. The SMILES string of the molecule is O=[P+](O)C(O)c1ccccc1.[Fe].[Zn]. The second kappa shape index (κ2) is 7.76. The molecule has 0 saturated heterocycles. The van der Waals surface area contributed by atoms with Gasteiger partial charge in [-0.3, -0.25) is 0 Å². The van der Waals surface area contributed by atoms with Crippen molar-refractivity contribution in [3.05, 3.63) is 35.9 Å². The van der Waals surface area contributed by atoms with Gasteiger partial charge in [-0.2, -0.15) is 4.89 Å². The second-order valence-electron chi connectivity index (χ2n) is 2.09. The van der Waals surface area contributed by atoms with E-state index in [1.54, 1.807) is 30.3 Å². The quantitative estimate of drug-likeness (QED) is 0.640. The Morgan fingerprint density at radius 3 is 2.08 bits per heavy atom. The van der Waals surface area contributed by atoms with E-state index in [1.807, 2.05) is 0 Å². The third-order valence-electron chi connectivity index (χ3n) is 1.31. The first-order chi connectivity index (χ1) is 5.22. The first-order valence-electron chi connectivity index (χ1n) is 3.10. The van der Waals surface area contributed by atoms with Gasteiger partial charge in [0.2, 0.25) is 0 Å². The number of aliphatic hydroxyl groups excluding tert-OH is 1. The van der Waals surface area contributed by atoms with Crippen LogP contribution in [0.15, 0.2) is 30.3 Å². The third-order valence-corrected chi connectivity index (χ3v) is 2.02. The monoisotopic (exact) mass is 291 g/mol. The Balaban J connectivity index is 0. The standard InChI is InChI=1S/C7H7O3P.Fe.Zn/c8-7(11(9)10)6-4-2-1-3-5-6;;/h1-5,7-8H;;/p+1. The molecule has 0 amide bonds. The van der Waals surface area contributed by atoms with Gasteiger partial charge in [0.05, 0.1) is 0 Å². The zero-order chi connectivity index (χ0) is 8.27. The van der Waals surface area contributed by atoms with Gasteiger partial charge < -0.3 is 5.11 Å². The number of rotatable bonds is 2. The van der Waals surface area contributed by atoms with Crippen LogP contribution in [-0.4, -0.2) is 10.00 Å². The summed E-state index contributed by atoms with van der Waals surface area (Å²) in [6, 6.07) is 8.40. The molecule has 0 saturated carbocycles. The van der Waals surface area contributed by atoms with Crippen molar-refractivity contribution in [3.63, 3.8) is 0 Å². The van der Waals surface area contributed by atoms with E-state index in [1.165, 1.54) is 0 Å². The van der Waals surface area contributed by atoms with Crippen LogP contribution < -0.4 is 0 Å². The van der Waals surface area contributed by atoms with E-state index >= 15 is 0 Å². The Morgan fingerprint density at radius 2 is 1.69 bits per heavy atom. The van der Waals surface area contributed by atoms with Gasteiger partial charge in [0.25, 0.3) is 0 Å². The van der Waals surface area contributed by atoms with Crippen LogP contribution in [0.25, 0.3) is 0 Å². The van der Waals surface area contributed by atoms with Gasteiger partial charge in [0.15, 0.2) is 0 Å². The summed E-state index contributed by atoms with van der Waals surface area (Å²) < 4.78 is 10.4. The van der Waals surface area contributed by atoms with Crippen LogP contribution in [0, 0.1) is 0 Å². The Morgan fingerprint density at radius 1 is 1.23 bits per heavy atom. The molecule has 1 aromatic carbocycles. The normalized spacial score (nSPS) is 12.0. The van der Waals surface area contributed by atoms with Crippen molar-refractivity contribution in [2.45, 2.75) is 5.85 Å². The largest absolute Gasteiger partial charge is 0.542 e. The Bertz CT molecular complexity index is 257. The van der Waals surface area contributed by atoms with Gasteiger partial charge in [0.1, 0.15) is 0 Å². The molecule has 2 unspecified atom stereocenters. The smallest absolute Gasteiger partial charge is 0.345 e. The fourth-order valence-electron chi connectivity index (χ4n) is 0.753. The molecule has 1 rings (SSSR count). The van der Waals surface area contributed by atoms with E-state index in [0.717, 1.165) is 0 Å². The van der Waals surface area contributed by atoms with Crippen LogP contribution in [0.4, 0.5) is 0 Å². The third kappa shape index (κ3) is 4.97. The molecule has 0 aliphatic heterocycles. The van der Waals surface area contributed by atoms with Gasteiger partial charge >= 0.3 is 13.9 Å². The van der Waals surface area contributed by atoms with Gasteiger partial charge in [-0.1, -0.05) is 30.3 Å². The van der Waals surface area contributed by atoms with Gasteiger partial charge in [-0.15, -0.1) is 0 Å². The van der Waals surface area contributed by atoms with Gasteiger partial charge in [-0.05, 0) is 4.57 Å². The van der Waals surface area contributed by atoms with Gasteiger partial charge in [0, 0.05) is 42.1 Å². The molecule has 0 bridgehead atoms. The zero-order valence-corrected chi connectivity index (χ0v) is 11.7. The summed E-state index contributed by atoms with van der Waals surface area (Å²) in [5.41, 5.74) is 0.469. The van der Waals surface area contributed by atoms with Crippen molar-refractivity contribution in [1.82, 2.24) is 0 Å². The zero-order valence-electron chi connectivity index (χ0n) is 6.77. The van der Waals surface area contributed by atoms with Crippen molar-refractivity contribution in [3.8, 4) is 0 Å². The predicted octanol–water partition coefficient (Wildman–Crippen LogP) is 1.41. The van der Waals surface area contributed by atoms with E-state index in [-0.39, 0.29) is 36.5 Å². The van der Waals surface area contributed by atoms with Crippen LogP contribution in [0.2, 0.25) is 0 Å². The van der Waals surface area contributed by atoms with Crippen molar-refractivity contribution in [2.24, 2.45) is 0 Å². The average Bonchev–Trinajstić information content (AvgIpc) is 2.05. The molecule has 68 valence electrons. The summed E-state index contributed by atoms with van der Waals surface area (Å²) in [5.74, 6) is -1.26. The molecule has 1 aromatic rings. The topological polar surface area (TPSA) is 57.5 Å². The minimum Gasteiger partial charge on any atom is -0.345 e. The van der Waals surface area contributed by atoms with E-state index in [4.69, 9.17) is 10.00 Å². The molecule has 0 radical (unpaired) electrons. The summed E-state index contributed by atoms with van der Waals surface area (Å²) in [6.07, 6.45) is 0. The molecule has 2 atom stereocenters. The Kier molecular flexibility index (Phi) is 9.45. The maximum Gasteiger partial charge on any atom is 0.542 e. The summed E-state index contributed by atoms with van der Waals surface area (Å²) in [6.45, 7) is 0. The maximum atomic E-state index is 10.4. The Hall–Kier alpha value is 0.383. The first-order valence-corrected chi connectivity index (χ1v) is 4.38. The van der Waals surface area contributed by atoms with E-state index in [9.17, 15) is 4.57 Å². The molecule has 0 aliphatic rings. The summed E-state index contributed by atoms with van der Waals surface area (Å²) in [4.78, 5) is 8.53. The van der Waals surface area contributed by atoms with Crippen LogP contribution >= 0.6 is 8.03 Å². The van der Waals surface area contributed by atoms with E-state index < -0.39 is 13.9 Å². The number of hydrogen-bond donors (Lipinski definition) is 2. The molecule has 6 heteroatoms. The van der Waals surface area contributed by atoms with Crippen molar-refractivity contribution in [2.75, 3.05) is 0 Å². The molecule has 0 spiro atoms. The number of aliphatic hydroxyl groups is 1. The molecule has 0 aliphatic carbocycles. The summed E-state index contributed by atoms with van der Waals surface area (Å²) in [5, 5.41) is 9.06. The van der Waals surface area contributed by atoms with Crippen LogP contribution in [0.1, 0.15) is 11.4 Å². The number of hydrogen-bond acceptors (Lipinski definition) is 2. The minimum absolute atomic E-state index is 0. The van der Waals surface area contributed by atoms with Gasteiger partial charge in [-0.25, -0.2) is 0 Å². The number of benzene rings is 1. The van der Waals surface area contributed by atoms with Crippen molar-refractivity contribution in [1.29, 1.82) is 0 Å². The fourth-order valence-corrected chi connectivity index (χ4v) is 1.18. The van der Waals surface area contributed by atoms with E-state index in [0.29, 0.717) is 5.56 Å². The van der Waals surface area contributed by atoms with Crippen molar-refractivity contribution >= 4 is 8.03 Å². The summed E-state index contributed by atoms with van der Waals surface area (Å²) >= 11 is 0. The predicted molar refractivity (Wildman–Crippen MR) is 41.2 cm³/mol. The molecular formula is C7H8FeO3PZn+. The van der Waals surface area contributed by atoms with E-state index in [2.05, 4.69) is 0 Å². The second-order valence-corrected chi connectivity index (χ2v) is 3.18. The fraction of sp³-hybridized carbons (Fsp3) is 0.143. The molecule has 2 N–H and O–H groups in total. The van der Waals surface area contributed by atoms with Crippen LogP contribution in [-0.2, 0) is 41.1 Å². The van der Waals surface area contributed by atoms with Crippen LogP contribution in [0.3, 0.4) is 0 Å². The summed E-state index contributed by atoms with van der Waals surface area (Å²) in [7, 11) is -2.53. The molecule has 0 heterocycles.